The van der Waals surface area contributed by atoms with Crippen LogP contribution in [0.15, 0.2) is 18.2 Å². The van der Waals surface area contributed by atoms with Crippen molar-refractivity contribution >= 4 is 12.6 Å². The Bertz CT molecular complexity index is 589. The topological polar surface area (TPSA) is 58.9 Å². The molecule has 178 valence electrons. The lowest BCUT2D eigenvalue weighted by Gasteiger charge is -2.17. The lowest BCUT2D eigenvalue weighted by molar-refractivity contribution is 0.270. The van der Waals surface area contributed by atoms with Crippen molar-refractivity contribution in [3.05, 3.63) is 18.2 Å². The summed E-state index contributed by atoms with van der Waals surface area (Å²) >= 11 is 0. The van der Waals surface area contributed by atoms with E-state index in [4.69, 9.17) is 9.47 Å². The quantitative estimate of drug-likeness (QED) is 0.303. The SMILES string of the molecule is CC(C)CCC[C@H](C)CCOc1ccc(OCC[C@@H](C)CCCC(C)C)c(B(O)O)c1. The van der Waals surface area contributed by atoms with E-state index in [2.05, 4.69) is 41.5 Å². The van der Waals surface area contributed by atoms with Gasteiger partial charge in [-0.25, -0.2) is 0 Å². The first-order valence-electron chi connectivity index (χ1n) is 12.4. The van der Waals surface area contributed by atoms with Crippen LogP contribution in [0.4, 0.5) is 0 Å². The van der Waals surface area contributed by atoms with E-state index >= 15 is 0 Å². The van der Waals surface area contributed by atoms with E-state index in [9.17, 15) is 10.0 Å². The summed E-state index contributed by atoms with van der Waals surface area (Å²) < 4.78 is 11.8. The minimum absolute atomic E-state index is 0.370. The van der Waals surface area contributed by atoms with Crippen LogP contribution in [0.1, 0.15) is 92.9 Å². The van der Waals surface area contributed by atoms with Crippen molar-refractivity contribution in [2.45, 2.75) is 92.9 Å². The van der Waals surface area contributed by atoms with Gasteiger partial charge in [0.05, 0.1) is 13.2 Å². The maximum absolute atomic E-state index is 9.78. The second-order valence-corrected chi connectivity index (χ2v) is 10.2. The molecule has 0 spiro atoms. The van der Waals surface area contributed by atoms with E-state index in [0.717, 1.165) is 24.7 Å². The highest BCUT2D eigenvalue weighted by Crippen LogP contribution is 2.20. The molecule has 0 amide bonds. The normalized spacial score (nSPS) is 13.5. The predicted octanol–water partition coefficient (Wildman–Crippen LogP) is 5.83. The van der Waals surface area contributed by atoms with Gasteiger partial charge in [0.15, 0.2) is 0 Å². The average molecular weight is 434 g/mol. The highest BCUT2D eigenvalue weighted by Gasteiger charge is 2.19. The molecule has 2 N–H and O–H groups in total. The third-order valence-electron chi connectivity index (χ3n) is 5.96. The van der Waals surface area contributed by atoms with Crippen LogP contribution in [0.25, 0.3) is 0 Å². The number of ether oxygens (including phenoxy) is 2. The molecule has 4 nitrogen and oxygen atoms in total. The van der Waals surface area contributed by atoms with Crippen molar-refractivity contribution in [1.82, 2.24) is 0 Å². The Kier molecular flexibility index (Phi) is 14.0. The molecule has 1 aromatic rings. The molecule has 0 aromatic heterocycles. The van der Waals surface area contributed by atoms with E-state index in [-0.39, 0.29) is 0 Å². The minimum Gasteiger partial charge on any atom is -0.494 e. The van der Waals surface area contributed by atoms with Gasteiger partial charge in [0.25, 0.3) is 0 Å². The fourth-order valence-electron chi connectivity index (χ4n) is 3.74. The second-order valence-electron chi connectivity index (χ2n) is 10.2. The van der Waals surface area contributed by atoms with Gasteiger partial charge >= 0.3 is 7.12 Å². The predicted molar refractivity (Wildman–Crippen MR) is 132 cm³/mol. The molecule has 0 fully saturated rings. The van der Waals surface area contributed by atoms with Crippen molar-refractivity contribution < 1.29 is 19.5 Å². The van der Waals surface area contributed by atoms with Gasteiger partial charge in [-0.2, -0.15) is 0 Å². The van der Waals surface area contributed by atoms with Gasteiger partial charge in [0.1, 0.15) is 11.5 Å². The molecule has 0 unspecified atom stereocenters. The molecule has 1 aromatic carbocycles. The van der Waals surface area contributed by atoms with Crippen LogP contribution in [0.3, 0.4) is 0 Å². The number of benzene rings is 1. The second kappa shape index (κ2) is 15.6. The van der Waals surface area contributed by atoms with Crippen LogP contribution in [0, 0.1) is 23.7 Å². The van der Waals surface area contributed by atoms with Gasteiger partial charge in [-0.05, 0) is 54.7 Å². The third-order valence-corrected chi connectivity index (χ3v) is 5.96. The summed E-state index contributed by atoms with van der Waals surface area (Å²) in [4.78, 5) is 0. The highest BCUT2D eigenvalue weighted by molar-refractivity contribution is 6.59. The van der Waals surface area contributed by atoms with Gasteiger partial charge in [-0.3, -0.25) is 0 Å². The first kappa shape index (κ1) is 27.8. The Morgan fingerprint density at radius 3 is 1.71 bits per heavy atom. The van der Waals surface area contributed by atoms with Gasteiger partial charge in [0.2, 0.25) is 0 Å². The Morgan fingerprint density at radius 1 is 0.710 bits per heavy atom. The van der Waals surface area contributed by atoms with E-state index < -0.39 is 7.12 Å². The van der Waals surface area contributed by atoms with Crippen LogP contribution >= 0.6 is 0 Å². The summed E-state index contributed by atoms with van der Waals surface area (Å²) in [7, 11) is -1.57. The fourth-order valence-corrected chi connectivity index (χ4v) is 3.74. The standard InChI is InChI=1S/C26H47BO4/c1-20(2)9-7-11-22(5)15-17-30-24-13-14-26(25(19-24)27(28)29)31-18-16-23(6)12-8-10-21(3)4/h13-14,19-23,28-29H,7-12,15-18H2,1-6H3/t22-,23-/m0/s1. The maximum Gasteiger partial charge on any atom is 0.492 e. The zero-order chi connectivity index (χ0) is 23.2. The van der Waals surface area contributed by atoms with E-state index in [0.29, 0.717) is 42.0 Å². The van der Waals surface area contributed by atoms with Crippen LogP contribution < -0.4 is 14.9 Å². The summed E-state index contributed by atoms with van der Waals surface area (Å²) in [6.07, 6.45) is 9.47. The Hall–Kier alpha value is -1.20. The van der Waals surface area contributed by atoms with Crippen LogP contribution in [0.5, 0.6) is 11.5 Å². The largest absolute Gasteiger partial charge is 0.494 e. The van der Waals surface area contributed by atoms with Crippen molar-refractivity contribution in [2.24, 2.45) is 23.7 Å². The molecule has 31 heavy (non-hydrogen) atoms. The van der Waals surface area contributed by atoms with Crippen LogP contribution in [-0.2, 0) is 0 Å². The van der Waals surface area contributed by atoms with E-state index in [1.807, 2.05) is 6.07 Å². The average Bonchev–Trinajstić information content (AvgIpc) is 2.68. The minimum atomic E-state index is -1.57. The van der Waals surface area contributed by atoms with Crippen molar-refractivity contribution in [3.63, 3.8) is 0 Å². The molecule has 0 saturated heterocycles. The Balaban J connectivity index is 2.44. The fraction of sp³-hybridized carbons (Fsp3) is 0.769. The third kappa shape index (κ3) is 13.1. The zero-order valence-corrected chi connectivity index (χ0v) is 20.9. The zero-order valence-electron chi connectivity index (χ0n) is 20.9. The maximum atomic E-state index is 9.78. The molecule has 0 heterocycles. The summed E-state index contributed by atoms with van der Waals surface area (Å²) in [5.41, 5.74) is 0.370. The number of rotatable bonds is 17. The Labute approximate surface area is 191 Å². The smallest absolute Gasteiger partial charge is 0.492 e. The molecular weight excluding hydrogens is 387 g/mol. The van der Waals surface area contributed by atoms with Crippen molar-refractivity contribution in [1.29, 1.82) is 0 Å². The lowest BCUT2D eigenvalue weighted by atomic mass is 9.79. The van der Waals surface area contributed by atoms with Crippen molar-refractivity contribution in [3.8, 4) is 11.5 Å². The first-order chi connectivity index (χ1) is 14.7. The molecule has 0 saturated carbocycles. The summed E-state index contributed by atoms with van der Waals surface area (Å²) in [5, 5.41) is 19.6. The summed E-state index contributed by atoms with van der Waals surface area (Å²) in [5.74, 6) is 3.94. The van der Waals surface area contributed by atoms with Gasteiger partial charge in [0, 0.05) is 5.46 Å². The molecule has 0 radical (unpaired) electrons. The van der Waals surface area contributed by atoms with Gasteiger partial charge in [-0.1, -0.05) is 80.1 Å². The van der Waals surface area contributed by atoms with Gasteiger partial charge in [-0.15, -0.1) is 0 Å². The molecular formula is C26H47BO4. The first-order valence-corrected chi connectivity index (χ1v) is 12.4. The molecule has 2 atom stereocenters. The summed E-state index contributed by atoms with van der Waals surface area (Å²) in [6, 6.07) is 5.34. The van der Waals surface area contributed by atoms with E-state index in [1.54, 1.807) is 12.1 Å². The lowest BCUT2D eigenvalue weighted by Crippen LogP contribution is -2.31. The monoisotopic (exact) mass is 434 g/mol. The van der Waals surface area contributed by atoms with Crippen LogP contribution in [0.2, 0.25) is 0 Å². The molecule has 1 rings (SSSR count). The molecule has 0 aliphatic heterocycles. The summed E-state index contributed by atoms with van der Waals surface area (Å²) in [6.45, 7) is 14.8. The molecule has 0 aliphatic carbocycles. The molecule has 5 heteroatoms. The number of hydrogen-bond donors (Lipinski definition) is 2. The number of hydrogen-bond acceptors (Lipinski definition) is 4. The van der Waals surface area contributed by atoms with E-state index in [1.165, 1.54) is 38.5 Å². The van der Waals surface area contributed by atoms with Crippen molar-refractivity contribution in [2.75, 3.05) is 13.2 Å². The highest BCUT2D eigenvalue weighted by atomic mass is 16.5. The van der Waals surface area contributed by atoms with Gasteiger partial charge < -0.3 is 19.5 Å². The van der Waals surface area contributed by atoms with Crippen LogP contribution in [-0.4, -0.2) is 30.4 Å². The molecule has 0 bridgehead atoms. The Morgan fingerprint density at radius 2 is 1.23 bits per heavy atom. The molecule has 0 aliphatic rings.